The monoisotopic (exact) mass is 299 g/mol. The van der Waals surface area contributed by atoms with Crippen LogP contribution in [0.3, 0.4) is 0 Å². The van der Waals surface area contributed by atoms with E-state index in [-0.39, 0.29) is 5.92 Å². The summed E-state index contributed by atoms with van der Waals surface area (Å²) in [7, 11) is 0. The van der Waals surface area contributed by atoms with Gasteiger partial charge in [0, 0.05) is 10.9 Å². The molecule has 0 heterocycles. The van der Waals surface area contributed by atoms with Crippen molar-refractivity contribution >= 4 is 28.8 Å². The number of ether oxygens (including phenoxy) is 1. The Hall–Kier alpha value is -0.800. The quantitative estimate of drug-likeness (QED) is 0.794. The molecule has 106 valence electrons. The summed E-state index contributed by atoms with van der Waals surface area (Å²) < 4.78 is 5.82. The molecular formula is C15H22ClNOS. The lowest BCUT2D eigenvalue weighted by molar-refractivity contribution is 0.330. The smallest absolute Gasteiger partial charge is 0.126 e. The van der Waals surface area contributed by atoms with Crippen LogP contribution >= 0.6 is 23.8 Å². The minimum atomic E-state index is 0.132. The molecule has 0 radical (unpaired) electrons. The number of hydrogen-bond acceptors (Lipinski definition) is 2. The predicted molar refractivity (Wildman–Crippen MR) is 86.4 cm³/mol. The van der Waals surface area contributed by atoms with Crippen molar-refractivity contribution in [2.24, 2.45) is 11.7 Å². The molecule has 0 aliphatic rings. The molecular weight excluding hydrogens is 278 g/mol. The van der Waals surface area contributed by atoms with Gasteiger partial charge in [0.2, 0.25) is 0 Å². The number of rotatable bonds is 6. The Labute approximate surface area is 126 Å². The van der Waals surface area contributed by atoms with E-state index < -0.39 is 0 Å². The van der Waals surface area contributed by atoms with E-state index in [0.717, 1.165) is 28.3 Å². The van der Waals surface area contributed by atoms with Gasteiger partial charge in [-0.15, -0.1) is 0 Å². The molecule has 0 amide bonds. The van der Waals surface area contributed by atoms with E-state index in [4.69, 9.17) is 34.3 Å². The minimum absolute atomic E-state index is 0.132. The summed E-state index contributed by atoms with van der Waals surface area (Å²) in [5.74, 6) is 1.43. The molecule has 1 unspecified atom stereocenters. The van der Waals surface area contributed by atoms with Gasteiger partial charge in [0.25, 0.3) is 0 Å². The molecule has 0 aliphatic carbocycles. The summed E-state index contributed by atoms with van der Waals surface area (Å²) in [5.41, 5.74) is 7.92. The zero-order chi connectivity index (χ0) is 14.6. The van der Waals surface area contributed by atoms with Crippen LogP contribution in [0, 0.1) is 5.92 Å². The van der Waals surface area contributed by atoms with Gasteiger partial charge in [-0.3, -0.25) is 0 Å². The molecule has 0 spiro atoms. The molecule has 1 rings (SSSR count). The van der Waals surface area contributed by atoms with Crippen LogP contribution in [0.15, 0.2) is 12.1 Å². The summed E-state index contributed by atoms with van der Waals surface area (Å²) in [4.78, 5) is 0.522. The van der Waals surface area contributed by atoms with Crippen LogP contribution in [-0.4, -0.2) is 11.6 Å². The predicted octanol–water partition coefficient (Wildman–Crippen LogP) is 4.33. The molecule has 0 aromatic heterocycles. The fraction of sp³-hybridized carbons (Fsp3) is 0.533. The first-order chi connectivity index (χ1) is 8.86. The number of thiocarbonyl (C=S) groups is 1. The lowest BCUT2D eigenvalue weighted by atomic mass is 9.94. The lowest BCUT2D eigenvalue weighted by Gasteiger charge is -2.20. The zero-order valence-electron chi connectivity index (χ0n) is 12.0. The Balaban J connectivity index is 3.23. The van der Waals surface area contributed by atoms with E-state index in [0.29, 0.717) is 17.5 Å². The highest BCUT2D eigenvalue weighted by atomic mass is 35.5. The molecule has 0 saturated carbocycles. The van der Waals surface area contributed by atoms with Crippen LogP contribution in [-0.2, 0) is 6.42 Å². The summed E-state index contributed by atoms with van der Waals surface area (Å²) in [6.45, 7) is 8.91. The molecule has 0 fully saturated rings. The number of hydrogen-bond donors (Lipinski definition) is 1. The molecule has 1 aromatic rings. The third-order valence-corrected chi connectivity index (χ3v) is 3.70. The average molecular weight is 300 g/mol. The number of halogens is 1. The van der Waals surface area contributed by atoms with Gasteiger partial charge in [0.05, 0.1) is 11.6 Å². The molecule has 2 N–H and O–H groups in total. The van der Waals surface area contributed by atoms with Crippen LogP contribution in [0.5, 0.6) is 5.75 Å². The maximum absolute atomic E-state index is 6.21. The van der Waals surface area contributed by atoms with Crippen LogP contribution in [0.25, 0.3) is 0 Å². The maximum Gasteiger partial charge on any atom is 0.126 e. The van der Waals surface area contributed by atoms with Gasteiger partial charge in [-0.1, -0.05) is 44.6 Å². The van der Waals surface area contributed by atoms with Crippen molar-refractivity contribution in [2.75, 3.05) is 6.61 Å². The summed E-state index contributed by atoms with van der Waals surface area (Å²) in [6, 6.07) is 3.93. The van der Waals surface area contributed by atoms with Gasteiger partial charge in [-0.25, -0.2) is 0 Å². The highest BCUT2D eigenvalue weighted by Gasteiger charge is 2.17. The summed E-state index contributed by atoms with van der Waals surface area (Å²) >= 11 is 11.3. The van der Waals surface area contributed by atoms with Crippen molar-refractivity contribution < 1.29 is 4.74 Å². The van der Waals surface area contributed by atoms with Crippen LogP contribution in [0.1, 0.15) is 44.7 Å². The Morgan fingerprint density at radius 3 is 2.47 bits per heavy atom. The first-order valence-electron chi connectivity index (χ1n) is 6.61. The van der Waals surface area contributed by atoms with Crippen LogP contribution < -0.4 is 10.5 Å². The third-order valence-electron chi connectivity index (χ3n) is 3.08. The standard InChI is InChI=1S/C15H22ClNOS/c1-5-18-14-11(6-10(4)15(17)19)7-12(16)8-13(14)9(2)3/h7-10H,5-6H2,1-4H3,(H2,17,19). The third kappa shape index (κ3) is 4.36. The van der Waals surface area contributed by atoms with E-state index >= 15 is 0 Å². The number of benzene rings is 1. The van der Waals surface area contributed by atoms with Crippen molar-refractivity contribution in [3.05, 3.63) is 28.3 Å². The van der Waals surface area contributed by atoms with Crippen LogP contribution in [0.2, 0.25) is 5.02 Å². The van der Waals surface area contributed by atoms with E-state index in [9.17, 15) is 0 Å². The lowest BCUT2D eigenvalue weighted by Crippen LogP contribution is -2.20. The molecule has 4 heteroatoms. The Morgan fingerprint density at radius 2 is 2.00 bits per heavy atom. The Kier molecular flexibility index (Phi) is 6.08. The van der Waals surface area contributed by atoms with Gasteiger partial charge in [0.15, 0.2) is 0 Å². The molecule has 0 saturated heterocycles. The SMILES string of the molecule is CCOc1c(CC(C)C(N)=S)cc(Cl)cc1C(C)C. The van der Waals surface area contributed by atoms with Crippen LogP contribution in [0.4, 0.5) is 0 Å². The molecule has 2 nitrogen and oxygen atoms in total. The second-order valence-corrected chi connectivity index (χ2v) is 5.99. The Morgan fingerprint density at radius 1 is 1.37 bits per heavy atom. The molecule has 0 bridgehead atoms. The van der Waals surface area contributed by atoms with Gasteiger partial charge in [-0.05, 0) is 42.5 Å². The normalized spacial score (nSPS) is 12.5. The van der Waals surface area contributed by atoms with Crippen molar-refractivity contribution in [1.82, 2.24) is 0 Å². The maximum atomic E-state index is 6.21. The highest BCUT2D eigenvalue weighted by Crippen LogP contribution is 2.34. The molecule has 0 aliphatic heterocycles. The largest absolute Gasteiger partial charge is 0.493 e. The molecule has 19 heavy (non-hydrogen) atoms. The zero-order valence-corrected chi connectivity index (χ0v) is 13.6. The first kappa shape index (κ1) is 16.3. The summed E-state index contributed by atoms with van der Waals surface area (Å²) in [5, 5.41) is 0.734. The number of nitrogens with two attached hydrogens (primary N) is 1. The molecule has 1 aromatic carbocycles. The summed E-state index contributed by atoms with van der Waals surface area (Å²) in [6.07, 6.45) is 0.755. The Bertz CT molecular complexity index is 460. The van der Waals surface area contributed by atoms with Crippen molar-refractivity contribution in [3.63, 3.8) is 0 Å². The van der Waals surface area contributed by atoms with Crippen molar-refractivity contribution in [1.29, 1.82) is 0 Å². The fourth-order valence-electron chi connectivity index (χ4n) is 2.00. The molecule has 1 atom stereocenters. The first-order valence-corrected chi connectivity index (χ1v) is 7.39. The minimum Gasteiger partial charge on any atom is -0.493 e. The average Bonchev–Trinajstić information content (AvgIpc) is 2.31. The van der Waals surface area contributed by atoms with Crippen molar-refractivity contribution in [2.45, 2.75) is 40.0 Å². The van der Waals surface area contributed by atoms with Crippen molar-refractivity contribution in [3.8, 4) is 5.75 Å². The van der Waals surface area contributed by atoms with E-state index in [1.54, 1.807) is 0 Å². The second-order valence-electron chi connectivity index (χ2n) is 5.08. The topological polar surface area (TPSA) is 35.2 Å². The van der Waals surface area contributed by atoms with E-state index in [1.165, 1.54) is 0 Å². The van der Waals surface area contributed by atoms with Gasteiger partial charge in [-0.2, -0.15) is 0 Å². The van der Waals surface area contributed by atoms with Gasteiger partial charge in [0.1, 0.15) is 5.75 Å². The second kappa shape index (κ2) is 7.11. The van der Waals surface area contributed by atoms with E-state index in [2.05, 4.69) is 13.8 Å². The highest BCUT2D eigenvalue weighted by molar-refractivity contribution is 7.80. The van der Waals surface area contributed by atoms with Gasteiger partial charge >= 0.3 is 0 Å². The van der Waals surface area contributed by atoms with Gasteiger partial charge < -0.3 is 10.5 Å². The fourth-order valence-corrected chi connectivity index (χ4v) is 2.34. The van der Waals surface area contributed by atoms with E-state index in [1.807, 2.05) is 26.0 Å².